The zero-order valence-corrected chi connectivity index (χ0v) is 16.9. The highest BCUT2D eigenvalue weighted by Crippen LogP contribution is 2.34. The van der Waals surface area contributed by atoms with Gasteiger partial charge in [0.25, 0.3) is 16.8 Å². The normalized spacial score (nSPS) is 14.2. The third-order valence-corrected chi connectivity index (χ3v) is 5.47. The van der Waals surface area contributed by atoms with Crippen molar-refractivity contribution < 1.29 is 9.21 Å². The van der Waals surface area contributed by atoms with Gasteiger partial charge in [0.05, 0.1) is 17.3 Å². The van der Waals surface area contributed by atoms with Gasteiger partial charge in [0.1, 0.15) is 22.9 Å². The maximum atomic E-state index is 12.3. The lowest BCUT2D eigenvalue weighted by Gasteiger charge is -2.24. The molecule has 0 spiro atoms. The van der Waals surface area contributed by atoms with E-state index in [-0.39, 0.29) is 29.2 Å². The molecule has 1 unspecified atom stereocenters. The summed E-state index contributed by atoms with van der Waals surface area (Å²) in [7, 11) is 0. The molecule has 7 nitrogen and oxygen atoms in total. The highest BCUT2D eigenvalue weighted by molar-refractivity contribution is 6.32. The summed E-state index contributed by atoms with van der Waals surface area (Å²) in [5.74, 6) is 1.27. The van der Waals surface area contributed by atoms with Crippen molar-refractivity contribution in [3.05, 3.63) is 72.4 Å². The molecule has 0 saturated heterocycles. The van der Waals surface area contributed by atoms with Crippen LogP contribution in [0.5, 0.6) is 0 Å². The first-order valence-electron chi connectivity index (χ1n) is 9.30. The standard InChI is InChI=1S/C21H20ClN3O4/c1-9(2)16(14-7-4-10(3)29-14)25-18-17(19(26)20(18)27)24-13-6-5-12(22)11-8-23-21(28)15(11)13/h4-7,9,16,24-25H,8H2,1-3H3,(H,23,28). The van der Waals surface area contributed by atoms with E-state index in [0.29, 0.717) is 34.1 Å². The third-order valence-electron chi connectivity index (χ3n) is 5.11. The summed E-state index contributed by atoms with van der Waals surface area (Å²) in [6.07, 6.45) is 0. The van der Waals surface area contributed by atoms with E-state index in [1.54, 1.807) is 12.1 Å². The van der Waals surface area contributed by atoms with Gasteiger partial charge in [0, 0.05) is 17.1 Å². The predicted molar refractivity (Wildman–Crippen MR) is 112 cm³/mol. The van der Waals surface area contributed by atoms with Crippen molar-refractivity contribution in [3.63, 3.8) is 0 Å². The Morgan fingerprint density at radius 3 is 2.45 bits per heavy atom. The summed E-state index contributed by atoms with van der Waals surface area (Å²) in [6.45, 7) is 6.15. The van der Waals surface area contributed by atoms with Crippen molar-refractivity contribution in [2.24, 2.45) is 5.92 Å². The van der Waals surface area contributed by atoms with E-state index in [1.165, 1.54) is 0 Å². The first-order chi connectivity index (χ1) is 13.8. The Morgan fingerprint density at radius 2 is 1.79 bits per heavy atom. The summed E-state index contributed by atoms with van der Waals surface area (Å²) in [5.41, 5.74) is 0.575. The number of fused-ring (bicyclic) bond motifs is 1. The van der Waals surface area contributed by atoms with Crippen LogP contribution in [0.1, 0.15) is 47.3 Å². The fourth-order valence-electron chi connectivity index (χ4n) is 3.54. The highest BCUT2D eigenvalue weighted by Gasteiger charge is 2.30. The number of rotatable bonds is 6. The molecule has 1 aromatic heterocycles. The molecule has 0 bridgehead atoms. The van der Waals surface area contributed by atoms with E-state index in [4.69, 9.17) is 16.0 Å². The molecule has 2 heterocycles. The Morgan fingerprint density at radius 1 is 1.07 bits per heavy atom. The SMILES string of the molecule is Cc1ccc(C(Nc2c(Nc3ccc(Cl)c4c3C(=O)NC4)c(=O)c2=O)C(C)C)o1. The number of anilines is 3. The zero-order chi connectivity index (χ0) is 20.9. The molecule has 8 heteroatoms. The van der Waals surface area contributed by atoms with Crippen LogP contribution in [0.4, 0.5) is 17.1 Å². The lowest BCUT2D eigenvalue weighted by atomic mass is 10.00. The molecule has 4 rings (SSSR count). The van der Waals surface area contributed by atoms with Crippen LogP contribution in [0.25, 0.3) is 0 Å². The van der Waals surface area contributed by atoms with Crippen LogP contribution in [0.15, 0.2) is 38.3 Å². The minimum Gasteiger partial charge on any atom is -0.464 e. The number of amides is 1. The number of carbonyl (C=O) groups is 1. The van der Waals surface area contributed by atoms with E-state index < -0.39 is 10.9 Å². The lowest BCUT2D eigenvalue weighted by Crippen LogP contribution is -2.38. The predicted octanol–water partition coefficient (Wildman–Crippen LogP) is 3.63. The largest absolute Gasteiger partial charge is 0.464 e. The van der Waals surface area contributed by atoms with Gasteiger partial charge < -0.3 is 20.4 Å². The van der Waals surface area contributed by atoms with Crippen molar-refractivity contribution in [1.29, 1.82) is 0 Å². The summed E-state index contributed by atoms with van der Waals surface area (Å²) in [5, 5.41) is 9.30. The summed E-state index contributed by atoms with van der Waals surface area (Å²) < 4.78 is 5.71. The quantitative estimate of drug-likeness (QED) is 0.533. The average Bonchev–Trinajstić information content (AvgIpc) is 3.29. The fourth-order valence-corrected chi connectivity index (χ4v) is 3.77. The van der Waals surface area contributed by atoms with E-state index >= 15 is 0 Å². The van der Waals surface area contributed by atoms with Crippen LogP contribution >= 0.6 is 11.6 Å². The van der Waals surface area contributed by atoms with Crippen molar-refractivity contribution in [1.82, 2.24) is 5.32 Å². The van der Waals surface area contributed by atoms with E-state index in [2.05, 4.69) is 16.0 Å². The number of halogens is 1. The monoisotopic (exact) mass is 413 g/mol. The molecule has 0 radical (unpaired) electrons. The molecule has 2 aromatic carbocycles. The smallest absolute Gasteiger partial charge is 0.254 e. The van der Waals surface area contributed by atoms with E-state index in [1.807, 2.05) is 32.9 Å². The second kappa shape index (κ2) is 7.08. The van der Waals surface area contributed by atoms with Gasteiger partial charge in [-0.05, 0) is 37.1 Å². The molecule has 29 heavy (non-hydrogen) atoms. The number of nitrogens with one attached hydrogen (secondary N) is 3. The number of benzene rings is 1. The maximum Gasteiger partial charge on any atom is 0.254 e. The molecular weight excluding hydrogens is 394 g/mol. The lowest BCUT2D eigenvalue weighted by molar-refractivity contribution is 0.0966. The summed E-state index contributed by atoms with van der Waals surface area (Å²) >= 11 is 6.17. The number of furan rings is 1. The Labute approximate surface area is 171 Å². The highest BCUT2D eigenvalue weighted by atomic mass is 35.5. The van der Waals surface area contributed by atoms with Gasteiger partial charge in [0.15, 0.2) is 0 Å². The average molecular weight is 414 g/mol. The van der Waals surface area contributed by atoms with Crippen LogP contribution in [0.2, 0.25) is 5.02 Å². The van der Waals surface area contributed by atoms with Crippen molar-refractivity contribution in [3.8, 4) is 0 Å². The minimum atomic E-state index is -0.632. The molecule has 1 atom stereocenters. The molecule has 1 aliphatic rings. The molecule has 3 aromatic rings. The molecule has 0 aliphatic carbocycles. The van der Waals surface area contributed by atoms with Gasteiger partial charge in [-0.2, -0.15) is 0 Å². The molecule has 3 N–H and O–H groups in total. The zero-order valence-electron chi connectivity index (χ0n) is 16.2. The Kier molecular flexibility index (Phi) is 4.70. The van der Waals surface area contributed by atoms with Gasteiger partial charge in [-0.25, -0.2) is 0 Å². The maximum absolute atomic E-state index is 12.3. The number of carbonyl (C=O) groups excluding carboxylic acids is 1. The van der Waals surface area contributed by atoms with Crippen LogP contribution in [0.3, 0.4) is 0 Å². The molecule has 1 aliphatic heterocycles. The second-order valence-corrected chi connectivity index (χ2v) is 7.89. The first-order valence-corrected chi connectivity index (χ1v) is 9.68. The molecule has 1 amide bonds. The Hall–Kier alpha value is -3.06. The van der Waals surface area contributed by atoms with Crippen molar-refractivity contribution >= 4 is 34.6 Å². The summed E-state index contributed by atoms with van der Waals surface area (Å²) in [4.78, 5) is 36.7. The fraction of sp³-hybridized carbons (Fsp3) is 0.286. The van der Waals surface area contributed by atoms with E-state index in [0.717, 1.165) is 5.76 Å². The number of hydrogen-bond acceptors (Lipinski definition) is 6. The summed E-state index contributed by atoms with van der Waals surface area (Å²) in [6, 6.07) is 6.70. The van der Waals surface area contributed by atoms with E-state index in [9.17, 15) is 14.4 Å². The van der Waals surface area contributed by atoms with Crippen LogP contribution in [-0.4, -0.2) is 5.91 Å². The molecule has 0 saturated carbocycles. The number of aryl methyl sites for hydroxylation is 1. The molecule has 0 fully saturated rings. The Balaban J connectivity index is 1.68. The van der Waals surface area contributed by atoms with Gasteiger partial charge in [-0.1, -0.05) is 25.4 Å². The minimum absolute atomic E-state index is 0.100. The second-order valence-electron chi connectivity index (χ2n) is 7.48. The van der Waals surface area contributed by atoms with Gasteiger partial charge in [-0.15, -0.1) is 0 Å². The molecular formula is C21H20ClN3O4. The topological polar surface area (TPSA) is 100 Å². The van der Waals surface area contributed by atoms with Crippen molar-refractivity contribution in [2.45, 2.75) is 33.4 Å². The van der Waals surface area contributed by atoms with Gasteiger partial charge in [0.2, 0.25) is 0 Å². The van der Waals surface area contributed by atoms with Crippen LogP contribution in [-0.2, 0) is 6.54 Å². The van der Waals surface area contributed by atoms with Gasteiger partial charge in [-0.3, -0.25) is 14.4 Å². The Bertz CT molecular complexity index is 1190. The third kappa shape index (κ3) is 3.21. The van der Waals surface area contributed by atoms with Crippen LogP contribution in [0, 0.1) is 12.8 Å². The number of hydrogen-bond donors (Lipinski definition) is 3. The van der Waals surface area contributed by atoms with Crippen molar-refractivity contribution in [2.75, 3.05) is 10.6 Å². The van der Waals surface area contributed by atoms with Crippen LogP contribution < -0.4 is 26.8 Å². The van der Waals surface area contributed by atoms with Gasteiger partial charge >= 0.3 is 0 Å². The molecule has 150 valence electrons. The first kappa shape index (κ1) is 19.3.